The van der Waals surface area contributed by atoms with E-state index in [0.717, 1.165) is 0 Å². The molecular formula is C16H24FNO3S. The summed E-state index contributed by atoms with van der Waals surface area (Å²) in [5.41, 5.74) is -0.191. The molecule has 22 heavy (non-hydrogen) atoms. The largest absolute Gasteiger partial charge is 0.354 e. The van der Waals surface area contributed by atoms with Gasteiger partial charge in [0.15, 0.2) is 9.84 Å². The Bertz CT molecular complexity index is 628. The molecule has 1 rings (SSSR count). The molecule has 0 unspecified atom stereocenters. The number of amides is 1. The molecule has 1 amide bonds. The van der Waals surface area contributed by atoms with Crippen molar-refractivity contribution in [2.45, 2.75) is 44.8 Å². The molecule has 0 saturated heterocycles. The molecule has 0 atom stereocenters. The summed E-state index contributed by atoms with van der Waals surface area (Å²) in [5, 5.41) is 2.65. The SMILES string of the molecule is CC(C)(C(=O)NCCS(=O)(=O)C(C)(C)C)c1ccc(F)cc1. The van der Waals surface area contributed by atoms with Crippen molar-refractivity contribution >= 4 is 15.7 Å². The average molecular weight is 329 g/mol. The van der Waals surface area contributed by atoms with E-state index >= 15 is 0 Å². The highest BCUT2D eigenvalue weighted by atomic mass is 32.2. The van der Waals surface area contributed by atoms with Gasteiger partial charge < -0.3 is 5.32 Å². The molecular weight excluding hydrogens is 305 g/mol. The molecule has 1 aromatic carbocycles. The van der Waals surface area contributed by atoms with E-state index in [1.807, 2.05) is 0 Å². The monoisotopic (exact) mass is 329 g/mol. The van der Waals surface area contributed by atoms with Crippen LogP contribution in [0.15, 0.2) is 24.3 Å². The Hall–Kier alpha value is -1.43. The van der Waals surface area contributed by atoms with Crippen LogP contribution in [0.3, 0.4) is 0 Å². The number of hydrogen-bond donors (Lipinski definition) is 1. The van der Waals surface area contributed by atoms with Gasteiger partial charge >= 0.3 is 0 Å². The van der Waals surface area contributed by atoms with E-state index in [0.29, 0.717) is 5.56 Å². The van der Waals surface area contributed by atoms with Crippen molar-refractivity contribution < 1.29 is 17.6 Å². The van der Waals surface area contributed by atoms with E-state index in [1.165, 1.54) is 12.1 Å². The topological polar surface area (TPSA) is 63.2 Å². The first-order chi connectivity index (χ1) is 9.88. The van der Waals surface area contributed by atoms with Gasteiger partial charge in [0, 0.05) is 6.54 Å². The van der Waals surface area contributed by atoms with Crippen LogP contribution in [0, 0.1) is 5.82 Å². The molecule has 0 radical (unpaired) electrons. The minimum Gasteiger partial charge on any atom is -0.354 e. The highest BCUT2D eigenvalue weighted by Gasteiger charge is 2.31. The van der Waals surface area contributed by atoms with Gasteiger partial charge in [-0.2, -0.15) is 0 Å². The Morgan fingerprint density at radius 3 is 2.05 bits per heavy atom. The van der Waals surface area contributed by atoms with Crippen molar-refractivity contribution in [3.8, 4) is 0 Å². The van der Waals surface area contributed by atoms with Crippen LogP contribution in [0.4, 0.5) is 4.39 Å². The maximum absolute atomic E-state index is 13.0. The number of hydrogen-bond acceptors (Lipinski definition) is 3. The van der Waals surface area contributed by atoms with Crippen molar-refractivity contribution in [1.82, 2.24) is 5.32 Å². The second-order valence-corrected chi connectivity index (χ2v) is 9.68. The number of halogens is 1. The van der Waals surface area contributed by atoms with Crippen LogP contribution < -0.4 is 5.32 Å². The van der Waals surface area contributed by atoms with Crippen LogP contribution in [-0.2, 0) is 20.0 Å². The summed E-state index contributed by atoms with van der Waals surface area (Å²) in [5.74, 6) is -0.763. The van der Waals surface area contributed by atoms with E-state index in [4.69, 9.17) is 0 Å². The first-order valence-corrected chi connectivity index (χ1v) is 8.80. The fourth-order valence-electron chi connectivity index (χ4n) is 1.82. The van der Waals surface area contributed by atoms with Gasteiger partial charge in [0.1, 0.15) is 5.82 Å². The number of nitrogens with one attached hydrogen (secondary N) is 1. The molecule has 0 fully saturated rings. The van der Waals surface area contributed by atoms with E-state index in [1.54, 1.807) is 46.8 Å². The van der Waals surface area contributed by atoms with Crippen LogP contribution >= 0.6 is 0 Å². The predicted octanol–water partition coefficient (Wildman–Crippen LogP) is 2.43. The van der Waals surface area contributed by atoms with Gasteiger partial charge in [0.05, 0.1) is 15.9 Å². The van der Waals surface area contributed by atoms with E-state index in [9.17, 15) is 17.6 Å². The van der Waals surface area contributed by atoms with Crippen molar-refractivity contribution in [1.29, 1.82) is 0 Å². The highest BCUT2D eigenvalue weighted by molar-refractivity contribution is 7.92. The fourth-order valence-corrected chi connectivity index (χ4v) is 2.81. The van der Waals surface area contributed by atoms with Crippen molar-refractivity contribution in [3.63, 3.8) is 0 Å². The van der Waals surface area contributed by atoms with E-state index in [2.05, 4.69) is 5.32 Å². The average Bonchev–Trinajstić information content (AvgIpc) is 2.37. The van der Waals surface area contributed by atoms with Crippen LogP contribution in [0.1, 0.15) is 40.2 Å². The Morgan fingerprint density at radius 2 is 1.59 bits per heavy atom. The van der Waals surface area contributed by atoms with Gasteiger partial charge in [0.25, 0.3) is 0 Å². The first kappa shape index (κ1) is 18.6. The van der Waals surface area contributed by atoms with Gasteiger partial charge in [-0.25, -0.2) is 12.8 Å². The third-order valence-electron chi connectivity index (χ3n) is 3.72. The van der Waals surface area contributed by atoms with Crippen LogP contribution in [0.25, 0.3) is 0 Å². The molecule has 0 aliphatic carbocycles. The predicted molar refractivity (Wildman–Crippen MR) is 86.0 cm³/mol. The summed E-state index contributed by atoms with van der Waals surface area (Å²) < 4.78 is 36.1. The number of benzene rings is 1. The normalized spacial score (nSPS) is 13.0. The van der Waals surface area contributed by atoms with Crippen LogP contribution in [0.2, 0.25) is 0 Å². The quantitative estimate of drug-likeness (QED) is 0.902. The summed E-state index contributed by atoms with van der Waals surface area (Å²) in [6.07, 6.45) is 0. The maximum atomic E-state index is 13.0. The molecule has 1 aromatic rings. The first-order valence-electron chi connectivity index (χ1n) is 7.14. The minimum absolute atomic E-state index is 0.0586. The molecule has 0 spiro atoms. The molecule has 0 aliphatic heterocycles. The molecule has 0 aromatic heterocycles. The van der Waals surface area contributed by atoms with E-state index in [-0.39, 0.29) is 24.0 Å². The Labute approximate surface area is 132 Å². The molecule has 4 nitrogen and oxygen atoms in total. The molecule has 0 bridgehead atoms. The minimum atomic E-state index is -3.27. The summed E-state index contributed by atoms with van der Waals surface area (Å²) in [7, 11) is -3.27. The summed E-state index contributed by atoms with van der Waals surface area (Å²) >= 11 is 0. The summed E-state index contributed by atoms with van der Waals surface area (Å²) in [6, 6.07) is 5.71. The Balaban J connectivity index is 2.71. The lowest BCUT2D eigenvalue weighted by Gasteiger charge is -2.25. The van der Waals surface area contributed by atoms with Crippen molar-refractivity contribution in [2.75, 3.05) is 12.3 Å². The highest BCUT2D eigenvalue weighted by Crippen LogP contribution is 2.23. The number of sulfone groups is 1. The van der Waals surface area contributed by atoms with Crippen molar-refractivity contribution in [2.24, 2.45) is 0 Å². The Morgan fingerprint density at radius 1 is 1.09 bits per heavy atom. The smallest absolute Gasteiger partial charge is 0.230 e. The standard InChI is InChI=1S/C16H24FNO3S/c1-15(2,3)22(20,21)11-10-18-14(19)16(4,5)12-6-8-13(17)9-7-12/h6-9H,10-11H2,1-5H3,(H,18,19). The zero-order chi connectivity index (χ0) is 17.2. The zero-order valence-electron chi connectivity index (χ0n) is 13.7. The van der Waals surface area contributed by atoms with Gasteiger partial charge in [-0.15, -0.1) is 0 Å². The van der Waals surface area contributed by atoms with Gasteiger partial charge in [-0.05, 0) is 52.3 Å². The Kier molecular flexibility index (Phi) is 5.38. The third kappa shape index (κ3) is 4.29. The summed E-state index contributed by atoms with van der Waals surface area (Å²) in [4.78, 5) is 12.3. The second-order valence-electron chi connectivity index (χ2n) is 6.82. The molecule has 1 N–H and O–H groups in total. The van der Waals surface area contributed by atoms with Crippen molar-refractivity contribution in [3.05, 3.63) is 35.6 Å². The van der Waals surface area contributed by atoms with Gasteiger partial charge in [-0.1, -0.05) is 12.1 Å². The molecule has 0 aliphatic rings. The molecule has 6 heteroatoms. The van der Waals surface area contributed by atoms with Crippen LogP contribution in [-0.4, -0.2) is 31.4 Å². The number of rotatable bonds is 5. The second kappa shape index (κ2) is 6.36. The maximum Gasteiger partial charge on any atom is 0.230 e. The summed E-state index contributed by atoms with van der Waals surface area (Å²) in [6.45, 7) is 8.39. The molecule has 0 heterocycles. The lowest BCUT2D eigenvalue weighted by Crippen LogP contribution is -2.43. The van der Waals surface area contributed by atoms with Crippen LogP contribution in [0.5, 0.6) is 0 Å². The van der Waals surface area contributed by atoms with Gasteiger partial charge in [0.2, 0.25) is 5.91 Å². The number of carbonyl (C=O) groups is 1. The zero-order valence-corrected chi connectivity index (χ0v) is 14.6. The third-order valence-corrected chi connectivity index (χ3v) is 6.33. The fraction of sp³-hybridized carbons (Fsp3) is 0.562. The molecule has 0 saturated carbocycles. The number of carbonyl (C=O) groups excluding carboxylic acids is 1. The van der Waals surface area contributed by atoms with Gasteiger partial charge in [-0.3, -0.25) is 4.79 Å². The lowest BCUT2D eigenvalue weighted by atomic mass is 9.84. The molecule has 124 valence electrons. The van der Waals surface area contributed by atoms with E-state index < -0.39 is 20.0 Å². The lowest BCUT2D eigenvalue weighted by molar-refractivity contribution is -0.125.